The van der Waals surface area contributed by atoms with E-state index < -0.39 is 0 Å². The van der Waals surface area contributed by atoms with Gasteiger partial charge in [-0.15, -0.1) is 0 Å². The fourth-order valence-electron chi connectivity index (χ4n) is 2.31. The first-order valence-corrected chi connectivity index (χ1v) is 6.91. The van der Waals surface area contributed by atoms with Gasteiger partial charge in [-0.2, -0.15) is 5.10 Å². The SMILES string of the molecule is CC(C)CC(CO)NC(=O)Cn1ncc2ccccc21. The molecule has 1 heterocycles. The van der Waals surface area contributed by atoms with Gasteiger partial charge in [-0.25, -0.2) is 0 Å². The molecule has 0 aliphatic heterocycles. The lowest BCUT2D eigenvalue weighted by atomic mass is 10.0. The molecule has 0 aliphatic rings. The minimum Gasteiger partial charge on any atom is -0.394 e. The number of nitrogens with one attached hydrogen (secondary N) is 1. The highest BCUT2D eigenvalue weighted by Crippen LogP contribution is 2.12. The second kappa shape index (κ2) is 6.52. The highest BCUT2D eigenvalue weighted by Gasteiger charge is 2.14. The third-order valence-corrected chi connectivity index (χ3v) is 3.19. The van der Waals surface area contributed by atoms with Gasteiger partial charge in [0, 0.05) is 5.39 Å². The van der Waals surface area contributed by atoms with Crippen LogP contribution in [0.4, 0.5) is 0 Å². The van der Waals surface area contributed by atoms with Gasteiger partial charge in [0.05, 0.1) is 24.4 Å². The molecular weight excluding hydrogens is 254 g/mol. The summed E-state index contributed by atoms with van der Waals surface area (Å²) in [5.74, 6) is 0.302. The van der Waals surface area contributed by atoms with Crippen molar-refractivity contribution in [2.45, 2.75) is 32.9 Å². The molecule has 108 valence electrons. The summed E-state index contributed by atoms with van der Waals surface area (Å²) >= 11 is 0. The van der Waals surface area contributed by atoms with Gasteiger partial charge in [0.25, 0.3) is 0 Å². The monoisotopic (exact) mass is 275 g/mol. The van der Waals surface area contributed by atoms with Crippen LogP contribution in [0.3, 0.4) is 0 Å². The lowest BCUT2D eigenvalue weighted by Crippen LogP contribution is -2.40. The average Bonchev–Trinajstić information content (AvgIpc) is 2.81. The molecule has 0 aliphatic carbocycles. The topological polar surface area (TPSA) is 67.2 Å². The number of amides is 1. The third-order valence-electron chi connectivity index (χ3n) is 3.19. The Morgan fingerprint density at radius 1 is 1.40 bits per heavy atom. The van der Waals surface area contributed by atoms with Crippen LogP contribution in [0.25, 0.3) is 10.9 Å². The van der Waals surface area contributed by atoms with Crippen molar-refractivity contribution in [2.24, 2.45) is 5.92 Å². The third kappa shape index (κ3) is 3.57. The van der Waals surface area contributed by atoms with Gasteiger partial charge in [0.2, 0.25) is 5.91 Å². The highest BCUT2D eigenvalue weighted by molar-refractivity contribution is 5.82. The molecule has 2 N–H and O–H groups in total. The number of hydrogen-bond acceptors (Lipinski definition) is 3. The van der Waals surface area contributed by atoms with Crippen molar-refractivity contribution in [1.29, 1.82) is 0 Å². The number of aromatic nitrogens is 2. The van der Waals surface area contributed by atoms with Crippen molar-refractivity contribution < 1.29 is 9.90 Å². The van der Waals surface area contributed by atoms with E-state index in [1.54, 1.807) is 10.9 Å². The summed E-state index contributed by atoms with van der Waals surface area (Å²) in [5, 5.41) is 17.4. The maximum Gasteiger partial charge on any atom is 0.242 e. The molecule has 0 saturated carbocycles. The van der Waals surface area contributed by atoms with Gasteiger partial charge >= 0.3 is 0 Å². The summed E-state index contributed by atoms with van der Waals surface area (Å²) in [6.45, 7) is 4.26. The molecule has 1 aromatic carbocycles. The molecule has 0 radical (unpaired) electrons. The van der Waals surface area contributed by atoms with Crippen LogP contribution < -0.4 is 5.32 Å². The van der Waals surface area contributed by atoms with Crippen LogP contribution in [0.15, 0.2) is 30.5 Å². The van der Waals surface area contributed by atoms with Crippen LogP contribution in [-0.4, -0.2) is 33.4 Å². The van der Waals surface area contributed by atoms with Gasteiger partial charge < -0.3 is 10.4 Å². The molecule has 5 heteroatoms. The minimum absolute atomic E-state index is 0.0379. The molecule has 0 fully saturated rings. The van der Waals surface area contributed by atoms with E-state index in [2.05, 4.69) is 24.3 Å². The molecule has 1 amide bonds. The zero-order valence-electron chi connectivity index (χ0n) is 11.9. The van der Waals surface area contributed by atoms with Crippen LogP contribution in [0.5, 0.6) is 0 Å². The first kappa shape index (κ1) is 14.5. The van der Waals surface area contributed by atoms with E-state index in [1.807, 2.05) is 24.3 Å². The van der Waals surface area contributed by atoms with E-state index >= 15 is 0 Å². The molecule has 2 rings (SSSR count). The Balaban J connectivity index is 2.00. The van der Waals surface area contributed by atoms with Crippen LogP contribution >= 0.6 is 0 Å². The van der Waals surface area contributed by atoms with Crippen molar-refractivity contribution in [1.82, 2.24) is 15.1 Å². The second-order valence-corrected chi connectivity index (χ2v) is 5.44. The van der Waals surface area contributed by atoms with Gasteiger partial charge in [0.15, 0.2) is 0 Å². The van der Waals surface area contributed by atoms with Crippen LogP contribution in [-0.2, 0) is 11.3 Å². The van der Waals surface area contributed by atoms with Crippen molar-refractivity contribution in [2.75, 3.05) is 6.61 Å². The number of carbonyl (C=O) groups is 1. The first-order chi connectivity index (χ1) is 9.60. The zero-order valence-corrected chi connectivity index (χ0v) is 11.9. The predicted octanol–water partition coefficient (Wildman–Crippen LogP) is 1.56. The summed E-state index contributed by atoms with van der Waals surface area (Å²) < 4.78 is 1.68. The highest BCUT2D eigenvalue weighted by atomic mass is 16.3. The summed E-state index contributed by atoms with van der Waals surface area (Å²) in [6, 6.07) is 7.58. The maximum atomic E-state index is 12.0. The molecule has 2 aromatic rings. The van der Waals surface area contributed by atoms with Crippen molar-refractivity contribution in [3.05, 3.63) is 30.5 Å². The molecule has 1 atom stereocenters. The normalized spacial score (nSPS) is 12.8. The van der Waals surface area contributed by atoms with Gasteiger partial charge in [-0.05, 0) is 18.4 Å². The zero-order chi connectivity index (χ0) is 14.5. The van der Waals surface area contributed by atoms with Gasteiger partial charge in [-0.1, -0.05) is 32.0 Å². The number of nitrogens with zero attached hydrogens (tertiary/aromatic N) is 2. The quantitative estimate of drug-likeness (QED) is 0.840. The molecule has 0 bridgehead atoms. The van der Waals surface area contributed by atoms with E-state index in [0.717, 1.165) is 17.3 Å². The summed E-state index contributed by atoms with van der Waals surface area (Å²) in [4.78, 5) is 12.0. The lowest BCUT2D eigenvalue weighted by molar-refractivity contribution is -0.122. The summed E-state index contributed by atoms with van der Waals surface area (Å²) in [6.07, 6.45) is 2.52. The van der Waals surface area contributed by atoms with Crippen molar-refractivity contribution in [3.63, 3.8) is 0 Å². The summed E-state index contributed by atoms with van der Waals surface area (Å²) in [5.41, 5.74) is 0.937. The number of para-hydroxylation sites is 1. The van der Waals surface area contributed by atoms with E-state index in [1.165, 1.54) is 0 Å². The summed E-state index contributed by atoms with van der Waals surface area (Å²) in [7, 11) is 0. The van der Waals surface area contributed by atoms with E-state index in [4.69, 9.17) is 0 Å². The minimum atomic E-state index is -0.190. The number of aliphatic hydroxyl groups excluding tert-OH is 1. The van der Waals surface area contributed by atoms with Gasteiger partial charge in [-0.3, -0.25) is 9.48 Å². The number of aliphatic hydroxyl groups is 1. The fraction of sp³-hybridized carbons (Fsp3) is 0.467. The fourth-order valence-corrected chi connectivity index (χ4v) is 2.31. The second-order valence-electron chi connectivity index (χ2n) is 5.44. The maximum absolute atomic E-state index is 12.0. The molecule has 1 aromatic heterocycles. The Kier molecular flexibility index (Phi) is 4.74. The Morgan fingerprint density at radius 2 is 2.15 bits per heavy atom. The molecule has 0 spiro atoms. The molecular formula is C15H21N3O2. The van der Waals surface area contributed by atoms with E-state index in [0.29, 0.717) is 5.92 Å². The van der Waals surface area contributed by atoms with E-state index in [-0.39, 0.29) is 25.1 Å². The lowest BCUT2D eigenvalue weighted by Gasteiger charge is -2.18. The molecule has 20 heavy (non-hydrogen) atoms. The van der Waals surface area contributed by atoms with Gasteiger partial charge in [0.1, 0.15) is 6.54 Å². The predicted molar refractivity (Wildman–Crippen MR) is 78.2 cm³/mol. The molecule has 5 nitrogen and oxygen atoms in total. The van der Waals surface area contributed by atoms with Crippen molar-refractivity contribution in [3.8, 4) is 0 Å². The Labute approximate surface area is 118 Å². The first-order valence-electron chi connectivity index (χ1n) is 6.91. The number of carbonyl (C=O) groups excluding carboxylic acids is 1. The van der Waals surface area contributed by atoms with Crippen LogP contribution in [0, 0.1) is 5.92 Å². The smallest absolute Gasteiger partial charge is 0.242 e. The Morgan fingerprint density at radius 3 is 2.85 bits per heavy atom. The Bertz CT molecular complexity index is 577. The molecule has 1 unspecified atom stereocenters. The number of rotatable bonds is 6. The van der Waals surface area contributed by atoms with Crippen molar-refractivity contribution >= 4 is 16.8 Å². The molecule has 0 saturated heterocycles. The average molecular weight is 275 g/mol. The standard InChI is InChI=1S/C15H21N3O2/c1-11(2)7-13(10-19)17-15(20)9-18-14-6-4-3-5-12(14)8-16-18/h3-6,8,11,13,19H,7,9-10H2,1-2H3,(H,17,20). The largest absolute Gasteiger partial charge is 0.394 e. The number of fused-ring (bicyclic) bond motifs is 1. The van der Waals surface area contributed by atoms with Crippen LogP contribution in [0.1, 0.15) is 20.3 Å². The van der Waals surface area contributed by atoms with Crippen LogP contribution in [0.2, 0.25) is 0 Å². The number of hydrogen-bond donors (Lipinski definition) is 2. The van der Waals surface area contributed by atoms with E-state index in [9.17, 15) is 9.90 Å². The number of benzene rings is 1. The Hall–Kier alpha value is -1.88.